The molecular weight excluding hydrogens is 673 g/mol. The zero-order valence-corrected chi connectivity index (χ0v) is 34.4. The predicted octanol–water partition coefficient (Wildman–Crippen LogP) is 12.8. The fraction of sp³-hybridized carbons (Fsp3) is 0.791. The summed E-state index contributed by atoms with van der Waals surface area (Å²) in [6.07, 6.45) is 48.1. The van der Waals surface area contributed by atoms with Crippen LogP contribution in [0.3, 0.4) is 0 Å². The summed E-state index contributed by atoms with van der Waals surface area (Å²) in [6.45, 7) is 4.16. The van der Waals surface area contributed by atoms with Gasteiger partial charge in [0.2, 0.25) is 0 Å². The Morgan fingerprint density at radius 2 is 1.04 bits per heavy atom. The van der Waals surface area contributed by atoms with Crippen LogP contribution in [0, 0.1) is 0 Å². The monoisotopic (exact) mass is 754 g/mol. The molecule has 8 nitrogen and oxygen atoms in total. The van der Waals surface area contributed by atoms with Crippen LogP contribution < -0.4 is 5.73 Å². The Morgan fingerprint density at radius 3 is 1.54 bits per heavy atom. The lowest BCUT2D eigenvalue weighted by Gasteiger charge is -2.19. The number of unbranched alkanes of at least 4 members (excludes halogenated alkanes) is 21. The number of nitrogens with two attached hydrogens (primary N) is 1. The van der Waals surface area contributed by atoms with Crippen LogP contribution in [0.5, 0.6) is 0 Å². The number of esters is 1. The first kappa shape index (κ1) is 50.3. The second-order valence-corrected chi connectivity index (χ2v) is 15.4. The van der Waals surface area contributed by atoms with E-state index in [0.717, 1.165) is 32.1 Å². The molecule has 0 bridgehead atoms. The van der Waals surface area contributed by atoms with Crippen LogP contribution in [-0.2, 0) is 27.9 Å². The molecule has 0 amide bonds. The number of hydrogen-bond donors (Lipinski definition) is 2. The van der Waals surface area contributed by atoms with Gasteiger partial charge in [-0.3, -0.25) is 13.8 Å². The minimum Gasteiger partial charge on any atom is -0.492 e. The van der Waals surface area contributed by atoms with Crippen LogP contribution in [-0.4, -0.2) is 43.3 Å². The van der Waals surface area contributed by atoms with Crippen molar-refractivity contribution in [3.8, 4) is 0 Å². The van der Waals surface area contributed by atoms with Gasteiger partial charge in [0.1, 0.15) is 6.61 Å². The van der Waals surface area contributed by atoms with Gasteiger partial charge in [0.15, 0.2) is 6.10 Å². The van der Waals surface area contributed by atoms with E-state index in [0.29, 0.717) is 6.42 Å². The van der Waals surface area contributed by atoms with Crippen molar-refractivity contribution in [3.05, 3.63) is 48.8 Å². The lowest BCUT2D eigenvalue weighted by molar-refractivity contribution is -0.147. The van der Waals surface area contributed by atoms with Gasteiger partial charge in [-0.25, -0.2) is 4.57 Å². The smallest absolute Gasteiger partial charge is 0.472 e. The molecular formula is C43H80NO7P. The minimum atomic E-state index is -4.28. The molecule has 0 saturated carbocycles. The van der Waals surface area contributed by atoms with Gasteiger partial charge in [0, 0.05) is 13.0 Å². The first-order chi connectivity index (χ1) is 25.4. The third kappa shape index (κ3) is 39.5. The quantitative estimate of drug-likeness (QED) is 0.0209. The molecule has 0 heterocycles. The maximum atomic E-state index is 12.4. The highest BCUT2D eigenvalue weighted by atomic mass is 31.2. The van der Waals surface area contributed by atoms with Crippen molar-refractivity contribution in [2.24, 2.45) is 5.73 Å². The van der Waals surface area contributed by atoms with Gasteiger partial charge in [-0.2, -0.15) is 0 Å². The second kappa shape index (κ2) is 40.5. The molecule has 0 aliphatic rings. The molecule has 304 valence electrons. The molecule has 2 atom stereocenters. The number of hydrogen-bond acceptors (Lipinski definition) is 7. The zero-order valence-electron chi connectivity index (χ0n) is 33.5. The molecule has 3 N–H and O–H groups in total. The fourth-order valence-electron chi connectivity index (χ4n) is 5.64. The van der Waals surface area contributed by atoms with Gasteiger partial charge in [0.05, 0.1) is 19.5 Å². The van der Waals surface area contributed by atoms with Gasteiger partial charge in [0.25, 0.3) is 0 Å². The van der Waals surface area contributed by atoms with E-state index in [1.807, 2.05) is 6.08 Å². The summed E-state index contributed by atoms with van der Waals surface area (Å²) in [4.78, 5) is 22.2. The molecule has 9 heteroatoms. The highest BCUT2D eigenvalue weighted by Crippen LogP contribution is 2.43. The van der Waals surface area contributed by atoms with Gasteiger partial charge in [-0.1, -0.05) is 166 Å². The normalized spacial score (nSPS) is 13.9. The van der Waals surface area contributed by atoms with Crippen LogP contribution in [0.2, 0.25) is 0 Å². The van der Waals surface area contributed by atoms with Gasteiger partial charge in [-0.05, 0) is 57.4 Å². The lowest BCUT2D eigenvalue weighted by Crippen LogP contribution is -2.25. The first-order valence-corrected chi connectivity index (χ1v) is 22.7. The number of carbonyl (C=O) groups is 1. The average molecular weight is 754 g/mol. The molecule has 2 unspecified atom stereocenters. The van der Waals surface area contributed by atoms with Crippen LogP contribution in [0.4, 0.5) is 0 Å². The Kier molecular flexibility index (Phi) is 39.2. The Labute approximate surface area is 320 Å². The molecule has 0 saturated heterocycles. The van der Waals surface area contributed by atoms with Crippen molar-refractivity contribution >= 4 is 13.8 Å². The lowest BCUT2D eigenvalue weighted by atomic mass is 10.0. The average Bonchev–Trinajstić information content (AvgIpc) is 3.14. The second-order valence-electron chi connectivity index (χ2n) is 13.9. The maximum absolute atomic E-state index is 12.4. The Morgan fingerprint density at radius 1 is 0.596 bits per heavy atom. The fourth-order valence-corrected chi connectivity index (χ4v) is 6.41. The molecule has 0 aliphatic carbocycles. The number of phosphoric ester groups is 1. The van der Waals surface area contributed by atoms with E-state index in [1.165, 1.54) is 128 Å². The Bertz CT molecular complexity index is 936. The van der Waals surface area contributed by atoms with Crippen LogP contribution >= 0.6 is 7.82 Å². The number of carbonyl (C=O) groups excluding carboxylic acids is 1. The summed E-state index contributed by atoms with van der Waals surface area (Å²) in [5, 5.41) is 0. The molecule has 52 heavy (non-hydrogen) atoms. The summed E-state index contributed by atoms with van der Waals surface area (Å²) in [7, 11) is -4.28. The maximum Gasteiger partial charge on any atom is 0.472 e. The zero-order chi connectivity index (χ0) is 38.1. The molecule has 0 spiro atoms. The molecule has 0 aromatic heterocycles. The van der Waals surface area contributed by atoms with Crippen molar-refractivity contribution in [2.45, 2.75) is 193 Å². The molecule has 0 aromatic carbocycles. The number of rotatable bonds is 40. The number of ether oxygens (including phenoxy) is 2. The topological polar surface area (TPSA) is 117 Å². The predicted molar refractivity (Wildman–Crippen MR) is 219 cm³/mol. The van der Waals surface area contributed by atoms with E-state index in [1.54, 1.807) is 6.26 Å². The first-order valence-electron chi connectivity index (χ1n) is 21.2. The summed E-state index contributed by atoms with van der Waals surface area (Å²) in [5.74, 6) is -0.340. The minimum absolute atomic E-state index is 0.0903. The molecule has 0 aliphatic heterocycles. The largest absolute Gasteiger partial charge is 0.492 e. The van der Waals surface area contributed by atoms with Crippen molar-refractivity contribution in [1.29, 1.82) is 0 Å². The van der Waals surface area contributed by atoms with Gasteiger partial charge in [-0.15, -0.1) is 0 Å². The third-order valence-electron chi connectivity index (χ3n) is 8.84. The van der Waals surface area contributed by atoms with Crippen molar-refractivity contribution in [3.63, 3.8) is 0 Å². The Balaban J connectivity index is 4.17. The van der Waals surface area contributed by atoms with E-state index in [9.17, 15) is 14.3 Å². The van der Waals surface area contributed by atoms with E-state index >= 15 is 0 Å². The summed E-state index contributed by atoms with van der Waals surface area (Å²) in [5.41, 5.74) is 5.36. The highest BCUT2D eigenvalue weighted by molar-refractivity contribution is 7.47. The standard InChI is InChI=1S/C43H80NO7P/c1-3-5-7-9-11-13-15-17-19-21-22-24-26-28-30-32-34-36-43(45)49-40-42(41-51-52(46,47)50-39-37-44)48-38-35-33-31-29-27-25-23-20-18-16-14-12-10-8-6-4-2/h17,19,22,24,28,30,35,38,42H,3-16,18,20-21,23,25-27,29,31-34,36-37,39-41,44H2,1-2H3,(H,46,47). The summed E-state index contributed by atoms with van der Waals surface area (Å²) < 4.78 is 33.1. The van der Waals surface area contributed by atoms with E-state index in [2.05, 4.69) is 50.3 Å². The van der Waals surface area contributed by atoms with Gasteiger partial charge < -0.3 is 20.1 Å². The van der Waals surface area contributed by atoms with E-state index in [-0.39, 0.29) is 38.8 Å². The Hall–Kier alpha value is -1.70. The summed E-state index contributed by atoms with van der Waals surface area (Å²) in [6, 6.07) is 0. The van der Waals surface area contributed by atoms with Crippen LogP contribution in [0.15, 0.2) is 48.8 Å². The number of allylic oxidation sites excluding steroid dienone is 7. The molecule has 0 fully saturated rings. The van der Waals surface area contributed by atoms with Crippen molar-refractivity contribution in [2.75, 3.05) is 26.4 Å². The SMILES string of the molecule is CCCCCCCCC=CCC=CCC=CCCCC(=O)OCC(COP(=O)(O)OCCN)OC=CCCCCCCCCCCCCCCCC. The van der Waals surface area contributed by atoms with Crippen LogP contribution in [0.25, 0.3) is 0 Å². The highest BCUT2D eigenvalue weighted by Gasteiger charge is 2.24. The molecule has 0 radical (unpaired) electrons. The molecule has 0 rings (SSSR count). The number of phosphoric acid groups is 1. The van der Waals surface area contributed by atoms with Crippen molar-refractivity contribution < 1.29 is 32.8 Å². The van der Waals surface area contributed by atoms with Gasteiger partial charge >= 0.3 is 13.8 Å². The van der Waals surface area contributed by atoms with Crippen molar-refractivity contribution in [1.82, 2.24) is 0 Å². The summed E-state index contributed by atoms with van der Waals surface area (Å²) >= 11 is 0. The van der Waals surface area contributed by atoms with E-state index < -0.39 is 13.9 Å². The third-order valence-corrected chi connectivity index (χ3v) is 9.82. The van der Waals surface area contributed by atoms with Crippen LogP contribution in [0.1, 0.15) is 187 Å². The molecule has 0 aromatic rings. The van der Waals surface area contributed by atoms with E-state index in [4.69, 9.17) is 24.3 Å².